The molecule has 2 N–H and O–H groups in total. The van der Waals surface area contributed by atoms with Gasteiger partial charge in [0.05, 0.1) is 12.4 Å². The number of carbonyl (C=O) groups excluding carboxylic acids is 1. The molecular formula is C12H17NO2S. The van der Waals surface area contributed by atoms with Crippen LogP contribution < -0.4 is 10.5 Å². The van der Waals surface area contributed by atoms with Crippen LogP contribution in [-0.2, 0) is 4.79 Å². The summed E-state index contributed by atoms with van der Waals surface area (Å²) < 4.78 is 5.56. The van der Waals surface area contributed by atoms with E-state index in [-0.39, 0.29) is 5.91 Å². The summed E-state index contributed by atoms with van der Waals surface area (Å²) >= 11 is 1.43. The Hall–Kier alpha value is -1.16. The highest BCUT2D eigenvalue weighted by atomic mass is 32.2. The van der Waals surface area contributed by atoms with E-state index in [1.54, 1.807) is 0 Å². The maximum Gasteiger partial charge on any atom is 0.227 e. The number of amides is 1. The first-order chi connectivity index (χ1) is 7.72. The van der Waals surface area contributed by atoms with Gasteiger partial charge in [-0.3, -0.25) is 4.79 Å². The molecule has 3 nitrogen and oxygen atoms in total. The average molecular weight is 239 g/mol. The van der Waals surface area contributed by atoms with Crippen LogP contribution >= 0.6 is 11.8 Å². The summed E-state index contributed by atoms with van der Waals surface area (Å²) in [5.74, 6) is 0.850. The molecule has 0 heterocycles. The van der Waals surface area contributed by atoms with Crippen molar-refractivity contribution in [3.8, 4) is 5.75 Å². The molecule has 0 spiro atoms. The van der Waals surface area contributed by atoms with E-state index in [1.807, 2.05) is 24.3 Å². The van der Waals surface area contributed by atoms with Gasteiger partial charge in [0.15, 0.2) is 0 Å². The minimum Gasteiger partial charge on any atom is -0.494 e. The van der Waals surface area contributed by atoms with Gasteiger partial charge in [-0.15, -0.1) is 11.8 Å². The van der Waals surface area contributed by atoms with Crippen molar-refractivity contribution in [2.45, 2.75) is 24.7 Å². The van der Waals surface area contributed by atoms with Crippen molar-refractivity contribution < 1.29 is 9.53 Å². The molecule has 0 saturated heterocycles. The Kier molecular flexibility index (Phi) is 5.78. The second-order valence-corrected chi connectivity index (χ2v) is 4.48. The van der Waals surface area contributed by atoms with Gasteiger partial charge in [-0.1, -0.05) is 19.4 Å². The van der Waals surface area contributed by atoms with Gasteiger partial charge in [0, 0.05) is 4.90 Å². The lowest BCUT2D eigenvalue weighted by Gasteiger charge is -2.06. The fourth-order valence-electron chi connectivity index (χ4n) is 1.14. The lowest BCUT2D eigenvalue weighted by Crippen LogP contribution is -2.12. The predicted octanol–water partition coefficient (Wildman–Crippen LogP) is 2.44. The number of hydrogen-bond donors (Lipinski definition) is 1. The monoisotopic (exact) mass is 239 g/mol. The van der Waals surface area contributed by atoms with Crippen LogP contribution in [0.3, 0.4) is 0 Å². The second-order valence-electron chi connectivity index (χ2n) is 3.43. The van der Waals surface area contributed by atoms with E-state index in [0.29, 0.717) is 5.75 Å². The Morgan fingerprint density at radius 1 is 1.50 bits per heavy atom. The molecule has 1 rings (SSSR count). The number of rotatable bonds is 7. The zero-order valence-electron chi connectivity index (χ0n) is 9.44. The molecule has 0 radical (unpaired) electrons. The summed E-state index contributed by atoms with van der Waals surface area (Å²) in [4.78, 5) is 11.6. The quantitative estimate of drug-likeness (QED) is 0.587. The molecule has 0 bridgehead atoms. The Balaban J connectivity index is 2.46. The molecule has 16 heavy (non-hydrogen) atoms. The van der Waals surface area contributed by atoms with Crippen molar-refractivity contribution in [2.75, 3.05) is 12.4 Å². The summed E-state index contributed by atoms with van der Waals surface area (Å²) in [6.45, 7) is 2.86. The Morgan fingerprint density at radius 3 is 3.00 bits per heavy atom. The lowest BCUT2D eigenvalue weighted by molar-refractivity contribution is -0.115. The minimum absolute atomic E-state index is 0.303. The topological polar surface area (TPSA) is 52.3 Å². The molecule has 0 aliphatic heterocycles. The molecule has 1 aromatic carbocycles. The van der Waals surface area contributed by atoms with Crippen LogP contribution in [0, 0.1) is 0 Å². The summed E-state index contributed by atoms with van der Waals surface area (Å²) in [7, 11) is 0. The van der Waals surface area contributed by atoms with E-state index < -0.39 is 0 Å². The number of ether oxygens (including phenoxy) is 1. The van der Waals surface area contributed by atoms with Crippen LogP contribution in [0.1, 0.15) is 19.8 Å². The summed E-state index contributed by atoms with van der Waals surface area (Å²) in [5, 5.41) is 0. The Bertz CT molecular complexity index is 342. The van der Waals surface area contributed by atoms with Crippen molar-refractivity contribution in [3.05, 3.63) is 24.3 Å². The van der Waals surface area contributed by atoms with Gasteiger partial charge in [-0.25, -0.2) is 0 Å². The van der Waals surface area contributed by atoms with Gasteiger partial charge in [0.2, 0.25) is 5.91 Å². The second kappa shape index (κ2) is 7.17. The number of benzene rings is 1. The normalized spacial score (nSPS) is 10.1. The highest BCUT2D eigenvalue weighted by molar-refractivity contribution is 8.00. The predicted molar refractivity (Wildman–Crippen MR) is 66.8 cm³/mol. The maximum atomic E-state index is 10.6. The molecular weight excluding hydrogens is 222 g/mol. The lowest BCUT2D eigenvalue weighted by atomic mass is 10.3. The van der Waals surface area contributed by atoms with E-state index in [2.05, 4.69) is 6.92 Å². The molecule has 1 amide bonds. The van der Waals surface area contributed by atoms with Gasteiger partial charge >= 0.3 is 0 Å². The van der Waals surface area contributed by atoms with Crippen molar-refractivity contribution in [3.63, 3.8) is 0 Å². The van der Waals surface area contributed by atoms with Crippen molar-refractivity contribution >= 4 is 17.7 Å². The first-order valence-electron chi connectivity index (χ1n) is 5.36. The molecule has 0 fully saturated rings. The van der Waals surface area contributed by atoms with E-state index in [1.165, 1.54) is 11.8 Å². The van der Waals surface area contributed by atoms with Gasteiger partial charge < -0.3 is 10.5 Å². The highest BCUT2D eigenvalue weighted by Gasteiger charge is 2.00. The molecule has 0 unspecified atom stereocenters. The minimum atomic E-state index is -0.303. The third-order valence-electron chi connectivity index (χ3n) is 1.95. The molecule has 0 aliphatic carbocycles. The van der Waals surface area contributed by atoms with Crippen LogP contribution in [0.5, 0.6) is 5.75 Å². The molecule has 0 atom stereocenters. The first-order valence-corrected chi connectivity index (χ1v) is 6.35. The number of carbonyl (C=O) groups is 1. The number of primary amides is 1. The van der Waals surface area contributed by atoms with E-state index in [0.717, 1.165) is 30.1 Å². The standard InChI is InChI=1S/C12H17NO2S/c1-2-3-7-15-10-5-4-6-11(8-10)16-9-12(13)14/h4-6,8H,2-3,7,9H2,1H3,(H2,13,14). The van der Waals surface area contributed by atoms with Crippen LogP contribution in [0.25, 0.3) is 0 Å². The Labute approximate surface area is 100 Å². The number of thioether (sulfide) groups is 1. The van der Waals surface area contributed by atoms with Crippen molar-refractivity contribution in [1.29, 1.82) is 0 Å². The zero-order chi connectivity index (χ0) is 11.8. The van der Waals surface area contributed by atoms with Crippen molar-refractivity contribution in [2.24, 2.45) is 5.73 Å². The molecule has 1 aromatic rings. The molecule has 0 saturated carbocycles. The Morgan fingerprint density at radius 2 is 2.31 bits per heavy atom. The van der Waals surface area contributed by atoms with Crippen LogP contribution in [0.15, 0.2) is 29.2 Å². The number of hydrogen-bond acceptors (Lipinski definition) is 3. The van der Waals surface area contributed by atoms with E-state index >= 15 is 0 Å². The molecule has 0 aromatic heterocycles. The van der Waals surface area contributed by atoms with Crippen LogP contribution in [-0.4, -0.2) is 18.3 Å². The number of unbranched alkanes of at least 4 members (excludes halogenated alkanes) is 1. The molecule has 0 aliphatic rings. The fraction of sp³-hybridized carbons (Fsp3) is 0.417. The summed E-state index contributed by atoms with van der Waals surface area (Å²) in [6.07, 6.45) is 2.18. The highest BCUT2D eigenvalue weighted by Crippen LogP contribution is 2.22. The third-order valence-corrected chi connectivity index (χ3v) is 2.97. The zero-order valence-corrected chi connectivity index (χ0v) is 10.3. The molecule has 88 valence electrons. The van der Waals surface area contributed by atoms with Crippen LogP contribution in [0.4, 0.5) is 0 Å². The number of nitrogens with two attached hydrogens (primary N) is 1. The first kappa shape index (κ1) is 12.9. The van der Waals surface area contributed by atoms with Crippen molar-refractivity contribution in [1.82, 2.24) is 0 Å². The van der Waals surface area contributed by atoms with E-state index in [4.69, 9.17) is 10.5 Å². The van der Waals surface area contributed by atoms with Gasteiger partial charge in [-0.2, -0.15) is 0 Å². The SMILES string of the molecule is CCCCOc1cccc(SCC(N)=O)c1. The molecule has 4 heteroatoms. The third kappa shape index (κ3) is 5.07. The van der Waals surface area contributed by atoms with Gasteiger partial charge in [-0.05, 0) is 24.6 Å². The fourth-order valence-corrected chi connectivity index (χ4v) is 1.83. The average Bonchev–Trinajstić information content (AvgIpc) is 2.27. The van der Waals surface area contributed by atoms with Gasteiger partial charge in [0.1, 0.15) is 5.75 Å². The van der Waals surface area contributed by atoms with Crippen LogP contribution in [0.2, 0.25) is 0 Å². The van der Waals surface area contributed by atoms with E-state index in [9.17, 15) is 4.79 Å². The van der Waals surface area contributed by atoms with Gasteiger partial charge in [0.25, 0.3) is 0 Å². The maximum absolute atomic E-state index is 10.6. The smallest absolute Gasteiger partial charge is 0.227 e. The largest absolute Gasteiger partial charge is 0.494 e. The summed E-state index contributed by atoms with van der Waals surface area (Å²) in [6, 6.07) is 7.72. The summed E-state index contributed by atoms with van der Waals surface area (Å²) in [5.41, 5.74) is 5.09.